The van der Waals surface area contributed by atoms with Crippen LogP contribution >= 0.6 is 0 Å². The zero-order valence-electron chi connectivity index (χ0n) is 22.7. The average molecular weight is 597 g/mol. The molecule has 2 heterocycles. The number of aliphatic hydroxyl groups excluding tert-OH is 3. The first-order chi connectivity index (χ1) is 20.2. The van der Waals surface area contributed by atoms with Crippen LogP contribution in [-0.2, 0) is 23.7 Å². The van der Waals surface area contributed by atoms with Crippen molar-refractivity contribution in [3.63, 3.8) is 0 Å². The molecule has 2 saturated heterocycles. The molecule has 2 aromatic carbocycles. The molecular formula is C28H34F2N2O10. The average Bonchev–Trinajstić information content (AvgIpc) is 2.96. The molecule has 12 nitrogen and oxygen atoms in total. The molecule has 0 bridgehead atoms. The van der Waals surface area contributed by atoms with Gasteiger partial charge in [0, 0.05) is 12.8 Å². The number of para-hydroxylation sites is 2. The van der Waals surface area contributed by atoms with Crippen molar-refractivity contribution in [2.75, 3.05) is 23.8 Å². The summed E-state index contributed by atoms with van der Waals surface area (Å²) in [4.78, 5) is 25.0. The molecule has 4 rings (SSSR count). The molecule has 230 valence electrons. The lowest BCUT2D eigenvalue weighted by Crippen LogP contribution is -2.57. The van der Waals surface area contributed by atoms with Gasteiger partial charge in [-0.1, -0.05) is 31.2 Å². The van der Waals surface area contributed by atoms with Crippen LogP contribution in [0, 0.1) is 11.6 Å². The molecule has 2 fully saturated rings. The zero-order valence-corrected chi connectivity index (χ0v) is 22.7. The third kappa shape index (κ3) is 8.12. The Balaban J connectivity index is 1.45. The number of hydrogen-bond acceptors (Lipinski definition) is 10. The molecule has 0 aromatic heterocycles. The molecule has 0 aliphatic carbocycles. The van der Waals surface area contributed by atoms with Crippen LogP contribution in [0.5, 0.6) is 0 Å². The van der Waals surface area contributed by atoms with Crippen molar-refractivity contribution in [1.29, 1.82) is 0 Å². The highest BCUT2D eigenvalue weighted by molar-refractivity contribution is 5.85. The van der Waals surface area contributed by atoms with Gasteiger partial charge in [-0.15, -0.1) is 0 Å². The Bertz CT molecular complexity index is 1210. The largest absolute Gasteiger partial charge is 0.446 e. The minimum atomic E-state index is -1.42. The minimum absolute atomic E-state index is 0.142. The van der Waals surface area contributed by atoms with Crippen molar-refractivity contribution < 1.29 is 57.4 Å². The van der Waals surface area contributed by atoms with Gasteiger partial charge in [0.1, 0.15) is 36.6 Å². The highest BCUT2D eigenvalue weighted by Gasteiger charge is 2.45. The lowest BCUT2D eigenvalue weighted by Gasteiger charge is -2.43. The van der Waals surface area contributed by atoms with Gasteiger partial charge in [0.25, 0.3) is 0 Å². The highest BCUT2D eigenvalue weighted by Crippen LogP contribution is 2.30. The van der Waals surface area contributed by atoms with Crippen LogP contribution in [0.1, 0.15) is 26.2 Å². The maximum absolute atomic E-state index is 14.0. The van der Waals surface area contributed by atoms with Crippen molar-refractivity contribution in [3.05, 3.63) is 60.2 Å². The van der Waals surface area contributed by atoms with E-state index >= 15 is 0 Å². The number of carbonyl (C=O) groups is 2. The molecular weight excluding hydrogens is 562 g/mol. The van der Waals surface area contributed by atoms with Gasteiger partial charge in [-0.25, -0.2) is 18.4 Å². The van der Waals surface area contributed by atoms with Gasteiger partial charge in [0.2, 0.25) is 0 Å². The van der Waals surface area contributed by atoms with Gasteiger partial charge in [-0.2, -0.15) is 0 Å². The Morgan fingerprint density at radius 3 is 2.07 bits per heavy atom. The number of nitrogens with one attached hydrogen (secondary N) is 2. The van der Waals surface area contributed by atoms with E-state index in [4.69, 9.17) is 23.7 Å². The molecule has 5 N–H and O–H groups in total. The second kappa shape index (κ2) is 14.7. The monoisotopic (exact) mass is 596 g/mol. The quantitative estimate of drug-likeness (QED) is 0.291. The lowest BCUT2D eigenvalue weighted by molar-refractivity contribution is -0.301. The van der Waals surface area contributed by atoms with E-state index in [1.807, 2.05) is 6.92 Å². The molecule has 0 radical (unpaired) electrons. The van der Waals surface area contributed by atoms with E-state index in [0.29, 0.717) is 6.42 Å². The molecule has 2 aliphatic rings. The molecule has 2 aromatic rings. The fraction of sp³-hybridized carbons (Fsp3) is 0.500. The first-order valence-corrected chi connectivity index (χ1v) is 13.5. The summed E-state index contributed by atoms with van der Waals surface area (Å²) in [7, 11) is 0. The van der Waals surface area contributed by atoms with Crippen molar-refractivity contribution in [2.45, 2.75) is 75.2 Å². The number of aliphatic hydroxyl groups is 3. The number of carbonyl (C=O) groups excluding carboxylic acids is 2. The molecule has 42 heavy (non-hydrogen) atoms. The Labute approximate surface area is 240 Å². The SMILES string of the molecule is CCC1CC(O)[C@H](OC2CC(O)[C@H](OC(=O)Nc3ccccc3F)C(COC(=O)Nc3ccccc3F)O2)C(CO)O1. The van der Waals surface area contributed by atoms with Crippen LogP contribution in [-0.4, -0.2) is 89.7 Å². The number of amides is 2. The van der Waals surface area contributed by atoms with Gasteiger partial charge in [-0.3, -0.25) is 10.6 Å². The number of ether oxygens (including phenoxy) is 5. The molecule has 8 atom stereocenters. The van der Waals surface area contributed by atoms with E-state index in [2.05, 4.69) is 10.6 Å². The smallest absolute Gasteiger partial charge is 0.412 e. The molecule has 0 saturated carbocycles. The Kier molecular flexibility index (Phi) is 11.0. The highest BCUT2D eigenvalue weighted by atomic mass is 19.1. The van der Waals surface area contributed by atoms with E-state index in [-0.39, 0.29) is 30.3 Å². The van der Waals surface area contributed by atoms with Crippen LogP contribution in [0.15, 0.2) is 48.5 Å². The molecule has 6 unspecified atom stereocenters. The fourth-order valence-corrected chi connectivity index (χ4v) is 4.77. The summed E-state index contributed by atoms with van der Waals surface area (Å²) in [6.45, 7) is 0.848. The topological polar surface area (TPSA) is 165 Å². The molecule has 2 amide bonds. The molecule has 2 aliphatic heterocycles. The third-order valence-corrected chi connectivity index (χ3v) is 6.91. The summed E-state index contributed by atoms with van der Waals surface area (Å²) >= 11 is 0. The van der Waals surface area contributed by atoms with E-state index in [1.165, 1.54) is 36.4 Å². The normalized spacial score (nSPS) is 29.4. The van der Waals surface area contributed by atoms with Gasteiger partial charge in [-0.05, 0) is 30.7 Å². The number of halogens is 2. The predicted octanol–water partition coefficient (Wildman–Crippen LogP) is 2.91. The van der Waals surface area contributed by atoms with Gasteiger partial charge < -0.3 is 39.0 Å². The number of rotatable bonds is 9. The van der Waals surface area contributed by atoms with E-state index in [9.17, 15) is 33.7 Å². The first-order valence-electron chi connectivity index (χ1n) is 13.5. The summed E-state index contributed by atoms with van der Waals surface area (Å²) in [6.07, 6.45) is -10.1. The van der Waals surface area contributed by atoms with Crippen molar-refractivity contribution >= 4 is 23.6 Å². The maximum atomic E-state index is 14.0. The number of benzene rings is 2. The van der Waals surface area contributed by atoms with E-state index < -0.39 is 79.9 Å². The summed E-state index contributed by atoms with van der Waals surface area (Å²) in [5, 5.41) is 35.9. The van der Waals surface area contributed by atoms with Gasteiger partial charge in [0.05, 0.1) is 36.3 Å². The van der Waals surface area contributed by atoms with Crippen LogP contribution in [0.25, 0.3) is 0 Å². The van der Waals surface area contributed by atoms with Crippen molar-refractivity contribution in [3.8, 4) is 0 Å². The van der Waals surface area contributed by atoms with E-state index in [1.54, 1.807) is 0 Å². The van der Waals surface area contributed by atoms with Crippen molar-refractivity contribution in [1.82, 2.24) is 0 Å². The summed E-state index contributed by atoms with van der Waals surface area (Å²) in [6, 6.07) is 10.8. The second-order valence-corrected chi connectivity index (χ2v) is 9.88. The Morgan fingerprint density at radius 2 is 1.48 bits per heavy atom. The van der Waals surface area contributed by atoms with Crippen molar-refractivity contribution in [2.24, 2.45) is 0 Å². The minimum Gasteiger partial charge on any atom is -0.446 e. The van der Waals surface area contributed by atoms with Crippen LogP contribution < -0.4 is 10.6 Å². The Morgan fingerprint density at radius 1 is 0.881 bits per heavy atom. The van der Waals surface area contributed by atoms with Crippen LogP contribution in [0.3, 0.4) is 0 Å². The summed E-state index contributed by atoms with van der Waals surface area (Å²) in [5.74, 6) is -1.42. The first kappa shape index (κ1) is 31.5. The second-order valence-electron chi connectivity index (χ2n) is 9.88. The van der Waals surface area contributed by atoms with E-state index in [0.717, 1.165) is 12.1 Å². The summed E-state index contributed by atoms with van der Waals surface area (Å²) < 4.78 is 56.0. The van der Waals surface area contributed by atoms with Crippen LogP contribution in [0.4, 0.5) is 29.7 Å². The summed E-state index contributed by atoms with van der Waals surface area (Å²) in [5.41, 5.74) is -0.309. The molecule has 14 heteroatoms. The van der Waals surface area contributed by atoms with Gasteiger partial charge >= 0.3 is 12.2 Å². The Hall–Kier alpha value is -3.40. The lowest BCUT2D eigenvalue weighted by atomic mass is 9.96. The van der Waals surface area contributed by atoms with Crippen LogP contribution in [0.2, 0.25) is 0 Å². The number of anilines is 2. The molecule has 0 spiro atoms. The zero-order chi connectivity index (χ0) is 30.2. The number of hydrogen-bond donors (Lipinski definition) is 5. The fourth-order valence-electron chi connectivity index (χ4n) is 4.77. The maximum Gasteiger partial charge on any atom is 0.412 e. The third-order valence-electron chi connectivity index (χ3n) is 6.91. The predicted molar refractivity (Wildman–Crippen MR) is 142 cm³/mol. The standard InChI is InChI=1S/C28H34F2N2O10/c1-2-15-11-20(34)25(22(13-33)39-15)41-24-12-21(35)26(42-28(37)32-19-10-6-4-8-17(19)30)23(40-24)14-38-27(36)31-18-9-5-3-7-16(18)29/h3-10,15,20-26,33-35H,2,11-14H2,1H3,(H,31,36)(H,32,37)/t15?,20?,21?,22?,23?,24?,25-,26-/m0/s1. The van der Waals surface area contributed by atoms with Gasteiger partial charge in [0.15, 0.2) is 12.4 Å².